The summed E-state index contributed by atoms with van der Waals surface area (Å²) in [7, 11) is 3.83. The number of hydrogen-bond acceptors (Lipinski definition) is 4. The van der Waals surface area contributed by atoms with Crippen molar-refractivity contribution < 1.29 is 19.8 Å². The second-order valence-electron chi connectivity index (χ2n) is 5.55. The number of urea groups is 1. The van der Waals surface area contributed by atoms with Crippen molar-refractivity contribution in [1.82, 2.24) is 10.2 Å². The van der Waals surface area contributed by atoms with Gasteiger partial charge >= 0.3 is 12.0 Å². The first-order valence-corrected chi connectivity index (χ1v) is 6.42. The fourth-order valence-corrected chi connectivity index (χ4v) is 1.39. The Balaban J connectivity index is 2.66. The van der Waals surface area contributed by atoms with Crippen LogP contribution in [0.15, 0.2) is 18.2 Å². The van der Waals surface area contributed by atoms with Gasteiger partial charge in [0, 0.05) is 12.1 Å². The molecule has 1 aromatic carbocycles. The summed E-state index contributed by atoms with van der Waals surface area (Å²) in [6, 6.07) is 3.27. The van der Waals surface area contributed by atoms with Crippen LogP contribution in [-0.4, -0.2) is 53.3 Å². The van der Waals surface area contributed by atoms with Crippen LogP contribution in [0.3, 0.4) is 0 Å². The molecule has 0 atom stereocenters. The number of carboxylic acid groups (broad SMARTS) is 1. The summed E-state index contributed by atoms with van der Waals surface area (Å²) in [4.78, 5) is 24.5. The minimum Gasteiger partial charge on any atom is -0.506 e. The van der Waals surface area contributed by atoms with E-state index in [1.165, 1.54) is 12.1 Å². The average molecular weight is 295 g/mol. The lowest BCUT2D eigenvalue weighted by molar-refractivity contribution is 0.0696. The molecule has 0 bridgehead atoms. The number of anilines is 1. The molecular formula is C14H21N3O4. The highest BCUT2D eigenvalue weighted by molar-refractivity contribution is 5.93. The molecule has 0 aliphatic heterocycles. The Labute approximate surface area is 123 Å². The minimum atomic E-state index is -1.14. The van der Waals surface area contributed by atoms with Gasteiger partial charge in [0.1, 0.15) is 5.75 Å². The molecule has 0 aliphatic rings. The normalized spacial score (nSPS) is 11.3. The molecular weight excluding hydrogens is 274 g/mol. The van der Waals surface area contributed by atoms with Crippen molar-refractivity contribution in [2.75, 3.05) is 26.0 Å². The Hall–Kier alpha value is -2.28. The van der Waals surface area contributed by atoms with Crippen LogP contribution in [0.1, 0.15) is 24.2 Å². The number of carboxylic acids is 1. The summed E-state index contributed by atoms with van der Waals surface area (Å²) >= 11 is 0. The SMILES string of the molecule is CN(C)C(C)(C)CNC(=O)Nc1ccc(C(=O)O)cc1O. The molecule has 0 radical (unpaired) electrons. The van der Waals surface area contributed by atoms with Crippen LogP contribution in [-0.2, 0) is 0 Å². The molecule has 0 aromatic heterocycles. The van der Waals surface area contributed by atoms with Gasteiger partial charge in [0.25, 0.3) is 0 Å². The van der Waals surface area contributed by atoms with Crippen LogP contribution >= 0.6 is 0 Å². The number of nitrogens with zero attached hydrogens (tertiary/aromatic N) is 1. The van der Waals surface area contributed by atoms with E-state index in [-0.39, 0.29) is 22.5 Å². The Morgan fingerprint density at radius 2 is 1.90 bits per heavy atom. The molecule has 0 heterocycles. The van der Waals surface area contributed by atoms with Gasteiger partial charge in [-0.2, -0.15) is 0 Å². The molecule has 7 heteroatoms. The molecule has 4 N–H and O–H groups in total. The highest BCUT2D eigenvalue weighted by atomic mass is 16.4. The lowest BCUT2D eigenvalue weighted by Crippen LogP contribution is -2.49. The molecule has 0 fully saturated rings. The van der Waals surface area contributed by atoms with Crippen molar-refractivity contribution in [2.24, 2.45) is 0 Å². The van der Waals surface area contributed by atoms with Crippen LogP contribution in [0, 0.1) is 0 Å². The zero-order valence-corrected chi connectivity index (χ0v) is 12.6. The molecule has 2 amide bonds. The first kappa shape index (κ1) is 16.8. The summed E-state index contributed by atoms with van der Waals surface area (Å²) in [5.41, 5.74) is -0.112. The third-order valence-corrected chi connectivity index (χ3v) is 3.39. The number of phenols is 1. The van der Waals surface area contributed by atoms with Gasteiger partial charge in [0.2, 0.25) is 0 Å². The van der Waals surface area contributed by atoms with Crippen molar-refractivity contribution >= 4 is 17.7 Å². The van der Waals surface area contributed by atoms with E-state index in [1.807, 2.05) is 32.8 Å². The van der Waals surface area contributed by atoms with Crippen LogP contribution in [0.4, 0.5) is 10.5 Å². The van der Waals surface area contributed by atoms with E-state index in [0.29, 0.717) is 6.54 Å². The molecule has 116 valence electrons. The number of benzene rings is 1. The quantitative estimate of drug-likeness (QED) is 0.617. The lowest BCUT2D eigenvalue weighted by atomic mass is 10.1. The zero-order chi connectivity index (χ0) is 16.2. The van der Waals surface area contributed by atoms with Crippen molar-refractivity contribution in [3.8, 4) is 5.75 Å². The lowest BCUT2D eigenvalue weighted by Gasteiger charge is -2.32. The summed E-state index contributed by atoms with van der Waals surface area (Å²) in [6.45, 7) is 4.37. The maximum Gasteiger partial charge on any atom is 0.335 e. The third kappa shape index (κ3) is 4.64. The monoisotopic (exact) mass is 295 g/mol. The van der Waals surface area contributed by atoms with Crippen LogP contribution in [0.5, 0.6) is 5.75 Å². The minimum absolute atomic E-state index is 0.0489. The summed E-state index contributed by atoms with van der Waals surface area (Å²) in [6.07, 6.45) is 0. The van der Waals surface area contributed by atoms with Gasteiger partial charge in [0.15, 0.2) is 0 Å². The number of nitrogens with one attached hydrogen (secondary N) is 2. The van der Waals surface area contributed by atoms with Gasteiger partial charge < -0.3 is 25.7 Å². The Morgan fingerprint density at radius 1 is 1.29 bits per heavy atom. The van der Waals surface area contributed by atoms with E-state index in [1.54, 1.807) is 0 Å². The summed E-state index contributed by atoms with van der Waals surface area (Å²) in [5, 5.41) is 23.7. The van der Waals surface area contributed by atoms with Crippen molar-refractivity contribution in [3.05, 3.63) is 23.8 Å². The molecule has 1 rings (SSSR count). The fraction of sp³-hybridized carbons (Fsp3) is 0.429. The summed E-state index contributed by atoms with van der Waals surface area (Å²) < 4.78 is 0. The molecule has 0 unspecified atom stereocenters. The Morgan fingerprint density at radius 3 is 2.38 bits per heavy atom. The zero-order valence-electron chi connectivity index (χ0n) is 12.6. The topological polar surface area (TPSA) is 102 Å². The van der Waals surface area contributed by atoms with Gasteiger partial charge in [-0.3, -0.25) is 0 Å². The molecule has 0 saturated heterocycles. The first-order valence-electron chi connectivity index (χ1n) is 6.42. The van der Waals surface area contributed by atoms with E-state index in [0.717, 1.165) is 6.07 Å². The second-order valence-corrected chi connectivity index (χ2v) is 5.55. The molecule has 1 aromatic rings. The Bertz CT molecular complexity index is 541. The maximum absolute atomic E-state index is 11.8. The second kappa shape index (κ2) is 6.45. The van der Waals surface area contributed by atoms with E-state index < -0.39 is 12.0 Å². The van der Waals surface area contributed by atoms with Gasteiger partial charge in [0.05, 0.1) is 11.3 Å². The van der Waals surface area contributed by atoms with Crippen LogP contribution < -0.4 is 10.6 Å². The molecule has 0 aliphatic carbocycles. The largest absolute Gasteiger partial charge is 0.506 e. The van der Waals surface area contributed by atoms with Gasteiger partial charge in [-0.05, 0) is 46.1 Å². The van der Waals surface area contributed by atoms with E-state index in [9.17, 15) is 14.7 Å². The number of hydrogen-bond donors (Lipinski definition) is 4. The summed E-state index contributed by atoms with van der Waals surface area (Å²) in [5.74, 6) is -1.44. The number of aromatic hydroxyl groups is 1. The molecule has 0 spiro atoms. The highest BCUT2D eigenvalue weighted by Crippen LogP contribution is 2.24. The molecule has 21 heavy (non-hydrogen) atoms. The number of rotatable bonds is 5. The number of aromatic carboxylic acids is 1. The fourth-order valence-electron chi connectivity index (χ4n) is 1.39. The van der Waals surface area contributed by atoms with Crippen LogP contribution in [0.2, 0.25) is 0 Å². The first-order chi connectivity index (χ1) is 9.63. The van der Waals surface area contributed by atoms with Gasteiger partial charge in [-0.15, -0.1) is 0 Å². The number of likely N-dealkylation sites (N-methyl/N-ethyl adjacent to an activating group) is 1. The molecule has 7 nitrogen and oxygen atoms in total. The average Bonchev–Trinajstić information content (AvgIpc) is 2.38. The maximum atomic E-state index is 11.8. The van der Waals surface area contributed by atoms with E-state index in [2.05, 4.69) is 10.6 Å². The number of carbonyl (C=O) groups excluding carboxylic acids is 1. The molecule has 0 saturated carbocycles. The van der Waals surface area contributed by atoms with Crippen molar-refractivity contribution in [3.63, 3.8) is 0 Å². The third-order valence-electron chi connectivity index (χ3n) is 3.39. The van der Waals surface area contributed by atoms with Crippen molar-refractivity contribution in [1.29, 1.82) is 0 Å². The van der Waals surface area contributed by atoms with Crippen molar-refractivity contribution in [2.45, 2.75) is 19.4 Å². The van der Waals surface area contributed by atoms with E-state index >= 15 is 0 Å². The standard InChI is InChI=1S/C14H21N3O4/c1-14(2,17(3)4)8-15-13(21)16-10-6-5-9(12(19)20)7-11(10)18/h5-7,18H,8H2,1-4H3,(H,19,20)(H2,15,16,21). The highest BCUT2D eigenvalue weighted by Gasteiger charge is 2.21. The number of carbonyl (C=O) groups is 2. The van der Waals surface area contributed by atoms with E-state index in [4.69, 9.17) is 5.11 Å². The predicted molar refractivity (Wildman–Crippen MR) is 79.9 cm³/mol. The number of amides is 2. The van der Waals surface area contributed by atoms with Crippen LogP contribution in [0.25, 0.3) is 0 Å². The smallest absolute Gasteiger partial charge is 0.335 e. The predicted octanol–water partition coefficient (Wildman–Crippen LogP) is 1.55. The Kier molecular flexibility index (Phi) is 5.15. The number of phenolic OH excluding ortho intramolecular Hbond substituents is 1. The van der Waals surface area contributed by atoms with Gasteiger partial charge in [-0.1, -0.05) is 0 Å². The van der Waals surface area contributed by atoms with Gasteiger partial charge in [-0.25, -0.2) is 9.59 Å².